The highest BCUT2D eigenvalue weighted by atomic mass is 32.3. The molecule has 0 spiro atoms. The third kappa shape index (κ3) is 6.36. The van der Waals surface area contributed by atoms with Crippen molar-refractivity contribution in [2.45, 2.75) is 42.2 Å². The third-order valence-electron chi connectivity index (χ3n) is 7.45. The summed E-state index contributed by atoms with van der Waals surface area (Å²) in [6, 6.07) is 60.0. The van der Waals surface area contributed by atoms with Crippen LogP contribution in [0.4, 0.5) is 0 Å². The van der Waals surface area contributed by atoms with Gasteiger partial charge in [0.05, 0.1) is 50.0 Å². The molecule has 0 heterocycles. The molecule has 6 aromatic rings. The van der Waals surface area contributed by atoms with E-state index in [1.165, 1.54) is 0 Å². The van der Waals surface area contributed by atoms with Gasteiger partial charge in [-0.3, -0.25) is 8.37 Å². The Bertz CT molecular complexity index is 1520. The highest BCUT2D eigenvalue weighted by Gasteiger charge is 2.45. The standard InChI is InChI=1S/C40H34O4S2/c41-39(43-45(33-19-7-1-8-20-33,34-21-9-2-10-22-34)35-23-11-3-12-24-35)31-32-40(42)44-46(36-25-13-4-14-26-36,37-27-15-5-16-28-37)38-29-17-6-18-30-38/h1-30H,31-32H2/p+2. The Hall–Kier alpha value is -5.04. The van der Waals surface area contributed by atoms with Gasteiger partial charge in [0.1, 0.15) is 12.8 Å². The normalized spacial score (nSPS) is 12.1. The fourth-order valence-electron chi connectivity index (χ4n) is 5.36. The minimum atomic E-state index is -2.36. The van der Waals surface area contributed by atoms with Crippen LogP contribution in [0.15, 0.2) is 211 Å². The van der Waals surface area contributed by atoms with Crippen LogP contribution in [0.5, 0.6) is 0 Å². The van der Waals surface area contributed by atoms with Crippen molar-refractivity contribution < 1.29 is 18.0 Å². The maximum absolute atomic E-state index is 11.5. The van der Waals surface area contributed by atoms with E-state index in [1.54, 1.807) is 0 Å². The first-order valence-corrected chi connectivity index (χ1v) is 18.2. The first kappa shape index (κ1) is 31.0. The molecule has 0 aliphatic heterocycles. The van der Waals surface area contributed by atoms with Gasteiger partial charge < -0.3 is 9.59 Å². The summed E-state index contributed by atoms with van der Waals surface area (Å²) in [5.41, 5.74) is 0. The Morgan fingerprint density at radius 3 is 0.674 bits per heavy atom. The summed E-state index contributed by atoms with van der Waals surface area (Å²) in [6.07, 6.45) is 0.0853. The quantitative estimate of drug-likeness (QED) is 0.132. The van der Waals surface area contributed by atoms with Crippen LogP contribution in [-0.4, -0.2) is 21.5 Å². The highest BCUT2D eigenvalue weighted by Crippen LogP contribution is 2.70. The van der Waals surface area contributed by atoms with Gasteiger partial charge in [-0.2, -0.15) is 0 Å². The molecule has 6 rings (SSSR count). The summed E-state index contributed by atoms with van der Waals surface area (Å²) < 4.78 is 13.4. The highest BCUT2D eigenvalue weighted by molar-refractivity contribution is 8.30. The van der Waals surface area contributed by atoms with E-state index in [4.69, 9.17) is 8.37 Å². The first-order valence-electron chi connectivity index (χ1n) is 15.1. The largest absolute Gasteiger partial charge is 0.496 e. The summed E-state index contributed by atoms with van der Waals surface area (Å²) in [6.45, 7) is 0. The van der Waals surface area contributed by atoms with Crippen molar-refractivity contribution >= 4 is 32.6 Å². The Balaban J connectivity index is 1.32. The summed E-state index contributed by atoms with van der Waals surface area (Å²) in [4.78, 5) is 28.7. The van der Waals surface area contributed by atoms with E-state index in [0.717, 1.165) is 29.4 Å². The van der Waals surface area contributed by atoms with E-state index in [0.29, 0.717) is 0 Å². The molecule has 0 fully saturated rings. The second-order valence-electron chi connectivity index (χ2n) is 10.4. The zero-order chi connectivity index (χ0) is 31.7. The molecule has 6 heteroatoms. The number of hydrogen-bond donors (Lipinski definition) is 0. The molecule has 0 amide bonds. The molecular formula is C40H36O4S2+2. The fraction of sp³-hybridized carbons (Fsp3) is 0.0500. The number of carbonyl (C=O) groups excluding carboxylic acids is 2. The van der Waals surface area contributed by atoms with E-state index < -0.39 is 20.6 Å². The summed E-state index contributed by atoms with van der Waals surface area (Å²) in [5, 5.41) is 0. The van der Waals surface area contributed by atoms with E-state index >= 15 is 0 Å². The summed E-state index contributed by atoms with van der Waals surface area (Å²) in [5.74, 6) is -0.358. The molecule has 0 atom stereocenters. The van der Waals surface area contributed by atoms with Gasteiger partial charge in [0, 0.05) is 0 Å². The molecule has 230 valence electrons. The molecule has 2 N–H and O–H groups in total. The average Bonchev–Trinajstić information content (AvgIpc) is 3.14. The zero-order valence-corrected chi connectivity index (χ0v) is 26.9. The number of benzene rings is 6. The Morgan fingerprint density at radius 1 is 0.326 bits per heavy atom. The van der Waals surface area contributed by atoms with Gasteiger partial charge in [0.25, 0.3) is 0 Å². The molecule has 0 aliphatic carbocycles. The van der Waals surface area contributed by atoms with Crippen molar-refractivity contribution in [3.05, 3.63) is 182 Å². The van der Waals surface area contributed by atoms with Crippen LogP contribution in [-0.2, 0) is 8.37 Å². The SMILES string of the molecule is [OH+]=C(CCC(=[OH+])OS(c1ccccc1)(c1ccccc1)c1ccccc1)OS(c1ccccc1)(c1ccccc1)c1ccccc1. The van der Waals surface area contributed by atoms with E-state index in [2.05, 4.69) is 0 Å². The van der Waals surface area contributed by atoms with Crippen molar-refractivity contribution in [3.8, 4) is 0 Å². The van der Waals surface area contributed by atoms with Gasteiger partial charge in [-0.25, -0.2) is 0 Å². The van der Waals surface area contributed by atoms with E-state index in [9.17, 15) is 9.59 Å². The molecule has 4 nitrogen and oxygen atoms in total. The van der Waals surface area contributed by atoms with Crippen molar-refractivity contribution in [2.24, 2.45) is 0 Å². The molecule has 0 saturated heterocycles. The topological polar surface area (TPSA) is 61.3 Å². The lowest BCUT2D eigenvalue weighted by Gasteiger charge is -2.33. The van der Waals surface area contributed by atoms with Crippen molar-refractivity contribution in [2.75, 3.05) is 0 Å². The van der Waals surface area contributed by atoms with Gasteiger partial charge in [0.15, 0.2) is 0 Å². The zero-order valence-electron chi connectivity index (χ0n) is 25.3. The molecular weight excluding hydrogens is 609 g/mol. The van der Waals surface area contributed by atoms with Gasteiger partial charge in [-0.15, -0.1) is 0 Å². The Morgan fingerprint density at radius 2 is 0.500 bits per heavy atom. The van der Waals surface area contributed by atoms with Gasteiger partial charge in [-0.1, -0.05) is 109 Å². The van der Waals surface area contributed by atoms with Gasteiger partial charge >= 0.3 is 11.9 Å². The van der Waals surface area contributed by atoms with Crippen molar-refractivity contribution in [3.63, 3.8) is 0 Å². The fourth-order valence-corrected chi connectivity index (χ4v) is 11.6. The average molecular weight is 645 g/mol. The lowest BCUT2D eigenvalue weighted by Crippen LogP contribution is -2.17. The van der Waals surface area contributed by atoms with Crippen molar-refractivity contribution in [1.29, 1.82) is 0 Å². The van der Waals surface area contributed by atoms with Crippen LogP contribution in [0.25, 0.3) is 0 Å². The Kier molecular flexibility index (Phi) is 9.68. The van der Waals surface area contributed by atoms with Gasteiger partial charge in [0.2, 0.25) is 0 Å². The van der Waals surface area contributed by atoms with Gasteiger partial charge in [-0.05, 0) is 72.8 Å². The number of rotatable bonds is 11. The molecule has 0 bridgehead atoms. The Labute approximate surface area is 273 Å². The maximum atomic E-state index is 11.5. The minimum Gasteiger partial charge on any atom is -0.338 e. The second kappa shape index (κ2) is 14.4. The lowest BCUT2D eigenvalue weighted by atomic mass is 10.3. The molecule has 0 aromatic heterocycles. The molecule has 0 aliphatic rings. The van der Waals surface area contributed by atoms with Crippen LogP contribution in [0.2, 0.25) is 0 Å². The maximum Gasteiger partial charge on any atom is 0.496 e. The van der Waals surface area contributed by atoms with Crippen LogP contribution in [0, 0.1) is 0 Å². The summed E-state index contributed by atoms with van der Waals surface area (Å²) in [7, 11) is -4.71. The predicted octanol–water partition coefficient (Wildman–Crippen LogP) is 10.6. The number of hydrogen-bond acceptors (Lipinski definition) is 2. The lowest BCUT2D eigenvalue weighted by molar-refractivity contribution is 0.454. The third-order valence-corrected chi connectivity index (χ3v) is 13.9. The molecule has 0 radical (unpaired) electrons. The molecule has 0 saturated carbocycles. The van der Waals surface area contributed by atoms with E-state index in [1.807, 2.05) is 182 Å². The first-order chi connectivity index (χ1) is 22.6. The summed E-state index contributed by atoms with van der Waals surface area (Å²) >= 11 is 0. The smallest absolute Gasteiger partial charge is 0.338 e. The van der Waals surface area contributed by atoms with Crippen molar-refractivity contribution in [1.82, 2.24) is 0 Å². The second-order valence-corrected chi connectivity index (χ2v) is 15.8. The minimum absolute atomic E-state index is 0.0426. The van der Waals surface area contributed by atoms with E-state index in [-0.39, 0.29) is 24.8 Å². The van der Waals surface area contributed by atoms with Crippen LogP contribution < -0.4 is 0 Å². The predicted molar refractivity (Wildman–Crippen MR) is 189 cm³/mol. The molecule has 0 unspecified atom stereocenters. The molecule has 46 heavy (non-hydrogen) atoms. The van der Waals surface area contributed by atoms with Crippen LogP contribution in [0.1, 0.15) is 12.8 Å². The van der Waals surface area contributed by atoms with Crippen LogP contribution >= 0.6 is 20.6 Å². The monoisotopic (exact) mass is 644 g/mol. The molecule has 6 aromatic carbocycles. The van der Waals surface area contributed by atoms with Crippen LogP contribution in [0.3, 0.4) is 0 Å².